The zero-order valence-corrected chi connectivity index (χ0v) is 17.2. The molecule has 0 saturated carbocycles. The molecule has 1 heterocycles. The van der Waals surface area contributed by atoms with E-state index in [0.717, 1.165) is 38.4 Å². The minimum Gasteiger partial charge on any atom is -0.480 e. The lowest BCUT2D eigenvalue weighted by Gasteiger charge is -2.29. The third-order valence-electron chi connectivity index (χ3n) is 5.15. The Bertz CT molecular complexity index is 852. The molecule has 1 amide bonds. The number of carbonyl (C=O) groups is 3. The number of hydrogen-bond donors (Lipinski definition) is 3. The number of carboxylic acids is 2. The van der Waals surface area contributed by atoms with Gasteiger partial charge < -0.3 is 20.3 Å². The minimum absolute atomic E-state index is 0.238. The minimum atomic E-state index is -5.08. The summed E-state index contributed by atoms with van der Waals surface area (Å²) in [4.78, 5) is 35.6. The number of morpholine rings is 1. The summed E-state index contributed by atoms with van der Waals surface area (Å²) in [6.07, 6.45) is -0.194. The Morgan fingerprint density at radius 1 is 1.12 bits per heavy atom. The summed E-state index contributed by atoms with van der Waals surface area (Å²) in [6, 6.07) is 7.62. The summed E-state index contributed by atoms with van der Waals surface area (Å²) in [6.45, 7) is 4.06. The summed E-state index contributed by atoms with van der Waals surface area (Å²) < 4.78 is 37.1. The normalized spacial score (nSPS) is 21.2. The standard InChI is InChI=1S/C19H24N2O4.C2HF3O2/c22-17(19(18(23)24)7-2-1-3-8-19)20-16-6-4-5-15(13-16)14-21-9-11-25-12-10-21;3-2(4,5)1(6)7/h1-2,4-6,13H,3,7-12,14H2,(H,20,22)(H,23,24);(H,6,7). The van der Waals surface area contributed by atoms with Gasteiger partial charge in [0.1, 0.15) is 5.41 Å². The number of nitrogens with one attached hydrogen (secondary N) is 1. The maximum Gasteiger partial charge on any atom is 0.490 e. The molecule has 8 nitrogen and oxygen atoms in total. The van der Waals surface area contributed by atoms with Crippen LogP contribution >= 0.6 is 0 Å². The molecule has 0 bridgehead atoms. The second kappa shape index (κ2) is 11.1. The number of hydrogen-bond acceptors (Lipinski definition) is 5. The number of alkyl halides is 3. The summed E-state index contributed by atoms with van der Waals surface area (Å²) in [5, 5.41) is 19.5. The Morgan fingerprint density at radius 3 is 2.31 bits per heavy atom. The van der Waals surface area contributed by atoms with E-state index in [9.17, 15) is 27.9 Å². The lowest BCUT2D eigenvalue weighted by atomic mass is 9.76. The number of aliphatic carboxylic acids is 2. The largest absolute Gasteiger partial charge is 0.490 e. The third kappa shape index (κ3) is 7.06. The van der Waals surface area contributed by atoms with Crippen LogP contribution in [0, 0.1) is 5.41 Å². The molecular formula is C21H25F3N2O6. The van der Waals surface area contributed by atoms with Crippen molar-refractivity contribution in [2.45, 2.75) is 32.0 Å². The number of halogens is 3. The van der Waals surface area contributed by atoms with Gasteiger partial charge in [0, 0.05) is 25.3 Å². The van der Waals surface area contributed by atoms with Crippen molar-refractivity contribution in [2.75, 3.05) is 31.6 Å². The highest BCUT2D eigenvalue weighted by Gasteiger charge is 2.45. The summed E-state index contributed by atoms with van der Waals surface area (Å²) >= 11 is 0. The fourth-order valence-electron chi connectivity index (χ4n) is 3.35. The number of allylic oxidation sites excluding steroid dienone is 2. The molecule has 1 aromatic rings. The van der Waals surface area contributed by atoms with Crippen molar-refractivity contribution in [2.24, 2.45) is 5.41 Å². The molecule has 1 aromatic carbocycles. The number of carbonyl (C=O) groups excluding carboxylic acids is 1. The average Bonchev–Trinajstić information content (AvgIpc) is 2.75. The third-order valence-corrected chi connectivity index (χ3v) is 5.15. The van der Waals surface area contributed by atoms with Crippen molar-refractivity contribution >= 4 is 23.5 Å². The van der Waals surface area contributed by atoms with E-state index in [-0.39, 0.29) is 6.42 Å². The number of amides is 1. The second-order valence-electron chi connectivity index (χ2n) is 7.45. The Morgan fingerprint density at radius 2 is 1.78 bits per heavy atom. The van der Waals surface area contributed by atoms with E-state index in [2.05, 4.69) is 10.2 Å². The number of nitrogens with zero attached hydrogens (tertiary/aromatic N) is 1. The molecule has 3 N–H and O–H groups in total. The predicted molar refractivity (Wildman–Crippen MR) is 108 cm³/mol. The van der Waals surface area contributed by atoms with Crippen LogP contribution in [0.1, 0.15) is 24.8 Å². The Balaban J connectivity index is 0.000000451. The van der Waals surface area contributed by atoms with Crippen LogP contribution in [0.2, 0.25) is 0 Å². The van der Waals surface area contributed by atoms with E-state index in [1.54, 1.807) is 12.1 Å². The Hall–Kier alpha value is -2.92. The zero-order valence-electron chi connectivity index (χ0n) is 17.2. The van der Waals surface area contributed by atoms with E-state index in [1.807, 2.05) is 24.3 Å². The fraction of sp³-hybridized carbons (Fsp3) is 0.476. The summed E-state index contributed by atoms with van der Waals surface area (Å²) in [5.74, 6) is -4.25. The number of ether oxygens (including phenoxy) is 1. The van der Waals surface area contributed by atoms with Gasteiger partial charge in [0.2, 0.25) is 5.91 Å². The Kier molecular flexibility index (Phi) is 8.79. The van der Waals surface area contributed by atoms with Gasteiger partial charge in [-0.25, -0.2) is 4.79 Å². The maximum absolute atomic E-state index is 12.7. The molecule has 1 unspecified atom stereocenters. The Labute approximate surface area is 182 Å². The van der Waals surface area contributed by atoms with E-state index < -0.39 is 29.4 Å². The van der Waals surface area contributed by atoms with E-state index >= 15 is 0 Å². The van der Waals surface area contributed by atoms with E-state index in [0.29, 0.717) is 18.5 Å². The first-order chi connectivity index (χ1) is 15.0. The van der Waals surface area contributed by atoms with E-state index in [1.165, 1.54) is 0 Å². The number of carboxylic acid groups (broad SMARTS) is 2. The molecule has 1 fully saturated rings. The molecule has 3 rings (SSSR count). The molecule has 1 aliphatic heterocycles. The first-order valence-corrected chi connectivity index (χ1v) is 9.93. The van der Waals surface area contributed by atoms with Crippen molar-refractivity contribution in [3.8, 4) is 0 Å². The second-order valence-corrected chi connectivity index (χ2v) is 7.45. The number of benzene rings is 1. The molecule has 0 aromatic heterocycles. The van der Waals surface area contributed by atoms with Crippen LogP contribution in [-0.2, 0) is 25.7 Å². The highest BCUT2D eigenvalue weighted by Crippen LogP contribution is 2.34. The molecule has 1 aliphatic carbocycles. The van der Waals surface area contributed by atoms with Crippen LogP contribution in [0.15, 0.2) is 36.4 Å². The van der Waals surface area contributed by atoms with Crippen molar-refractivity contribution in [3.63, 3.8) is 0 Å². The van der Waals surface area contributed by atoms with Crippen LogP contribution in [-0.4, -0.2) is 65.4 Å². The molecule has 1 atom stereocenters. The molecule has 0 spiro atoms. The number of rotatable bonds is 5. The van der Waals surface area contributed by atoms with Crippen molar-refractivity contribution in [1.29, 1.82) is 0 Å². The molecule has 1 saturated heterocycles. The molecule has 176 valence electrons. The van der Waals surface area contributed by atoms with Gasteiger partial charge in [-0.1, -0.05) is 24.3 Å². The van der Waals surface area contributed by atoms with Crippen LogP contribution < -0.4 is 5.32 Å². The van der Waals surface area contributed by atoms with Gasteiger partial charge in [-0.05, 0) is 37.0 Å². The molecule has 11 heteroatoms. The van der Waals surface area contributed by atoms with Gasteiger partial charge in [0.15, 0.2) is 0 Å². The first kappa shape index (κ1) is 25.3. The van der Waals surface area contributed by atoms with Crippen LogP contribution in [0.3, 0.4) is 0 Å². The lowest BCUT2D eigenvalue weighted by molar-refractivity contribution is -0.192. The molecular weight excluding hydrogens is 433 g/mol. The zero-order chi connectivity index (χ0) is 23.8. The smallest absolute Gasteiger partial charge is 0.480 e. The summed E-state index contributed by atoms with van der Waals surface area (Å²) in [7, 11) is 0. The quantitative estimate of drug-likeness (QED) is 0.459. The van der Waals surface area contributed by atoms with Crippen molar-refractivity contribution in [1.82, 2.24) is 4.90 Å². The van der Waals surface area contributed by atoms with Gasteiger partial charge in [0.05, 0.1) is 13.2 Å². The van der Waals surface area contributed by atoms with E-state index in [4.69, 9.17) is 14.6 Å². The lowest BCUT2D eigenvalue weighted by Crippen LogP contribution is -2.43. The maximum atomic E-state index is 12.7. The van der Waals surface area contributed by atoms with Gasteiger partial charge >= 0.3 is 18.1 Å². The summed E-state index contributed by atoms with van der Waals surface area (Å²) in [5.41, 5.74) is 0.369. The molecule has 32 heavy (non-hydrogen) atoms. The van der Waals surface area contributed by atoms with Gasteiger partial charge in [0.25, 0.3) is 0 Å². The van der Waals surface area contributed by atoms with Crippen LogP contribution in [0.4, 0.5) is 18.9 Å². The van der Waals surface area contributed by atoms with Crippen LogP contribution in [0.25, 0.3) is 0 Å². The SMILES string of the molecule is O=C(O)C(F)(F)F.O=C(O)C1(C(=O)Nc2cccc(CN3CCOCC3)c2)CC=CCC1. The van der Waals surface area contributed by atoms with Gasteiger partial charge in [-0.3, -0.25) is 14.5 Å². The van der Waals surface area contributed by atoms with Gasteiger partial charge in [-0.2, -0.15) is 13.2 Å². The molecule has 2 aliphatic rings. The topological polar surface area (TPSA) is 116 Å². The monoisotopic (exact) mass is 458 g/mol. The van der Waals surface area contributed by atoms with Crippen molar-refractivity contribution < 1.29 is 42.5 Å². The molecule has 0 radical (unpaired) electrons. The van der Waals surface area contributed by atoms with Crippen molar-refractivity contribution in [3.05, 3.63) is 42.0 Å². The predicted octanol–water partition coefficient (Wildman–Crippen LogP) is 2.90. The number of anilines is 1. The highest BCUT2D eigenvalue weighted by atomic mass is 19.4. The fourth-order valence-corrected chi connectivity index (χ4v) is 3.35. The van der Waals surface area contributed by atoms with Gasteiger partial charge in [-0.15, -0.1) is 0 Å². The average molecular weight is 458 g/mol. The first-order valence-electron chi connectivity index (χ1n) is 9.93. The highest BCUT2D eigenvalue weighted by molar-refractivity contribution is 6.08. The van der Waals surface area contributed by atoms with Crippen LogP contribution in [0.5, 0.6) is 0 Å².